The van der Waals surface area contributed by atoms with E-state index in [0.717, 1.165) is 5.69 Å². The van der Waals surface area contributed by atoms with Gasteiger partial charge in [0.15, 0.2) is 0 Å². The predicted molar refractivity (Wildman–Crippen MR) is 62.7 cm³/mol. The molecule has 0 fully saturated rings. The van der Waals surface area contributed by atoms with Gasteiger partial charge in [-0.3, -0.25) is 14.7 Å². The summed E-state index contributed by atoms with van der Waals surface area (Å²) in [4.78, 5) is 22.6. The molecule has 6 nitrogen and oxygen atoms in total. The van der Waals surface area contributed by atoms with Crippen LogP contribution >= 0.6 is 0 Å². The van der Waals surface area contributed by atoms with Crippen LogP contribution in [0.3, 0.4) is 0 Å². The molecule has 0 bridgehead atoms. The van der Waals surface area contributed by atoms with Crippen molar-refractivity contribution in [1.29, 1.82) is 0 Å². The number of aryl methyl sites for hydroxylation is 1. The topological polar surface area (TPSA) is 90.1 Å². The van der Waals surface area contributed by atoms with Gasteiger partial charge in [-0.05, 0) is 19.9 Å². The van der Waals surface area contributed by atoms with Gasteiger partial charge >= 0.3 is 0 Å². The third-order valence-electron chi connectivity index (χ3n) is 2.56. The third-order valence-corrected chi connectivity index (χ3v) is 2.56. The number of hydrazone groups is 1. The van der Waals surface area contributed by atoms with Crippen molar-refractivity contribution in [2.45, 2.75) is 20.3 Å². The Labute approximate surface area is 97.1 Å². The molecule has 0 aromatic carbocycles. The van der Waals surface area contributed by atoms with Crippen LogP contribution in [0.1, 0.15) is 18.2 Å². The van der Waals surface area contributed by atoms with Crippen molar-refractivity contribution in [3.8, 4) is 0 Å². The van der Waals surface area contributed by atoms with Crippen molar-refractivity contribution >= 4 is 11.6 Å². The third kappa shape index (κ3) is 2.11. The zero-order chi connectivity index (χ0) is 12.4. The number of nitrogens with one attached hydrogen (secondary N) is 3. The van der Waals surface area contributed by atoms with E-state index in [1.165, 1.54) is 0 Å². The maximum Gasteiger partial charge on any atom is 0.281 e. The highest BCUT2D eigenvalue weighted by molar-refractivity contribution is 6.23. The van der Waals surface area contributed by atoms with Gasteiger partial charge in [-0.1, -0.05) is 0 Å². The Kier molecular flexibility index (Phi) is 2.80. The summed E-state index contributed by atoms with van der Waals surface area (Å²) in [6, 6.07) is 0. The molecule has 0 radical (unpaired) electrons. The van der Waals surface area contributed by atoms with Crippen molar-refractivity contribution in [2.75, 3.05) is 0 Å². The summed E-state index contributed by atoms with van der Waals surface area (Å²) in [5.74, 6) is -0.265. The average Bonchev–Trinajstić information content (AvgIpc) is 2.77. The summed E-state index contributed by atoms with van der Waals surface area (Å²) in [5, 5.41) is 9.01. The van der Waals surface area contributed by atoms with Crippen molar-refractivity contribution in [2.24, 2.45) is 5.10 Å². The van der Waals surface area contributed by atoms with Crippen LogP contribution in [0.15, 0.2) is 27.3 Å². The minimum Gasteiger partial charge on any atom is -0.302 e. The fourth-order valence-corrected chi connectivity index (χ4v) is 1.55. The number of nitrogens with zero attached hydrogens (tertiary/aromatic N) is 1. The first-order chi connectivity index (χ1) is 8.09. The Morgan fingerprint density at radius 2 is 2.06 bits per heavy atom. The molecule has 0 spiro atoms. The van der Waals surface area contributed by atoms with Crippen LogP contribution in [0.25, 0.3) is 0 Å². The van der Waals surface area contributed by atoms with Crippen molar-refractivity contribution in [1.82, 2.24) is 15.6 Å². The van der Waals surface area contributed by atoms with Crippen LogP contribution in [0, 0.1) is 6.92 Å². The van der Waals surface area contributed by atoms with Crippen LogP contribution < -0.4 is 11.0 Å². The quantitative estimate of drug-likeness (QED) is 0.500. The van der Waals surface area contributed by atoms with Crippen molar-refractivity contribution in [3.63, 3.8) is 0 Å². The van der Waals surface area contributed by atoms with Crippen LogP contribution in [0.2, 0.25) is 0 Å². The Morgan fingerprint density at radius 3 is 2.59 bits per heavy atom. The van der Waals surface area contributed by atoms with E-state index in [4.69, 9.17) is 0 Å². The zero-order valence-electron chi connectivity index (χ0n) is 9.55. The second-order valence-corrected chi connectivity index (χ2v) is 3.75. The summed E-state index contributed by atoms with van der Waals surface area (Å²) in [6.07, 6.45) is 2.08. The molecule has 1 aromatic heterocycles. The number of rotatable bonds is 2. The molecular formula is C11H12N4O2. The van der Waals surface area contributed by atoms with Crippen molar-refractivity contribution in [3.05, 3.63) is 39.0 Å². The van der Waals surface area contributed by atoms with Crippen LogP contribution in [0.5, 0.6) is 0 Å². The number of aromatic nitrogens is 2. The number of hydrogen-bond acceptors (Lipinski definition) is 3. The molecule has 0 atom stereocenters. The van der Waals surface area contributed by atoms with E-state index in [1.54, 1.807) is 13.0 Å². The number of carbonyl (C=O) groups is 1. The maximum atomic E-state index is 11.4. The van der Waals surface area contributed by atoms with Gasteiger partial charge in [0, 0.05) is 17.7 Å². The number of hydrogen-bond donors (Lipinski definition) is 3. The highest BCUT2D eigenvalue weighted by Crippen LogP contribution is 2.04. The second kappa shape index (κ2) is 4.27. The molecular weight excluding hydrogens is 220 g/mol. The van der Waals surface area contributed by atoms with Crippen LogP contribution in [-0.4, -0.2) is 21.8 Å². The molecule has 1 aromatic rings. The summed E-state index contributed by atoms with van der Waals surface area (Å²) >= 11 is 0. The van der Waals surface area contributed by atoms with E-state index in [9.17, 15) is 9.59 Å². The second-order valence-electron chi connectivity index (χ2n) is 3.75. The van der Waals surface area contributed by atoms with Gasteiger partial charge in [0.2, 0.25) is 0 Å². The monoisotopic (exact) mass is 232 g/mol. The largest absolute Gasteiger partial charge is 0.302 e. The minimum absolute atomic E-state index is 0.146. The van der Waals surface area contributed by atoms with Gasteiger partial charge in [-0.15, -0.1) is 5.73 Å². The van der Waals surface area contributed by atoms with Gasteiger partial charge in [0.25, 0.3) is 11.5 Å². The molecule has 1 aliphatic heterocycles. The highest BCUT2D eigenvalue weighted by Gasteiger charge is 2.17. The fraction of sp³-hybridized carbons (Fsp3) is 0.273. The molecule has 1 aliphatic rings. The summed E-state index contributed by atoms with van der Waals surface area (Å²) in [6.45, 7) is 3.53. The van der Waals surface area contributed by atoms with Gasteiger partial charge in [0.1, 0.15) is 5.57 Å². The summed E-state index contributed by atoms with van der Waals surface area (Å²) in [5.41, 5.74) is 7.50. The maximum absolute atomic E-state index is 11.4. The average molecular weight is 232 g/mol. The standard InChI is InChI=1S/C11H12N4O2/c1-6-8(10(16)14-12-6)4-3-5-9-7(2)13-15-11(9)17/h3H,4H2,1-2H3,(H,15,17)(H2,12,14,16). The lowest BCUT2D eigenvalue weighted by Gasteiger charge is -1.90. The number of aromatic amines is 2. The molecule has 6 heteroatoms. The molecule has 1 amide bonds. The molecule has 0 aliphatic carbocycles. The molecule has 0 unspecified atom stereocenters. The summed E-state index contributed by atoms with van der Waals surface area (Å²) in [7, 11) is 0. The van der Waals surface area contributed by atoms with Crippen LogP contribution in [0.4, 0.5) is 0 Å². The van der Waals surface area contributed by atoms with Gasteiger partial charge < -0.3 is 5.10 Å². The van der Waals surface area contributed by atoms with E-state index in [2.05, 4.69) is 26.5 Å². The van der Waals surface area contributed by atoms with E-state index < -0.39 is 0 Å². The van der Waals surface area contributed by atoms with E-state index in [-0.39, 0.29) is 11.5 Å². The van der Waals surface area contributed by atoms with Gasteiger partial charge in [-0.2, -0.15) is 5.10 Å². The Hall–Kier alpha value is -2.33. The van der Waals surface area contributed by atoms with Gasteiger partial charge in [-0.25, -0.2) is 5.43 Å². The molecule has 2 rings (SSSR count). The molecule has 2 heterocycles. The Balaban J connectivity index is 2.24. The number of carbonyl (C=O) groups excluding carboxylic acids is 1. The van der Waals surface area contributed by atoms with E-state index in [1.807, 2.05) is 6.92 Å². The SMILES string of the molecule is CC1=NNC(=O)C1=C=CCc1c(C)[nH][nH]c1=O. The molecule has 17 heavy (non-hydrogen) atoms. The molecule has 0 saturated heterocycles. The zero-order valence-corrected chi connectivity index (χ0v) is 9.55. The lowest BCUT2D eigenvalue weighted by molar-refractivity contribution is -0.116. The Morgan fingerprint density at radius 1 is 1.29 bits per heavy atom. The lowest BCUT2D eigenvalue weighted by atomic mass is 10.1. The van der Waals surface area contributed by atoms with Crippen LogP contribution in [-0.2, 0) is 11.2 Å². The normalized spacial score (nSPS) is 14.4. The van der Waals surface area contributed by atoms with E-state index >= 15 is 0 Å². The number of amides is 1. The van der Waals surface area contributed by atoms with Crippen molar-refractivity contribution < 1.29 is 4.79 Å². The first-order valence-electron chi connectivity index (χ1n) is 5.16. The molecule has 0 saturated carbocycles. The summed E-state index contributed by atoms with van der Waals surface area (Å²) < 4.78 is 0. The molecule has 3 N–H and O–H groups in total. The Bertz CT molecular complexity index is 612. The fourth-order valence-electron chi connectivity index (χ4n) is 1.55. The first-order valence-corrected chi connectivity index (χ1v) is 5.16. The first kappa shape index (κ1) is 11.2. The highest BCUT2D eigenvalue weighted by atomic mass is 16.2. The smallest absolute Gasteiger partial charge is 0.281 e. The predicted octanol–water partition coefficient (Wildman–Crippen LogP) is 0.141. The minimum atomic E-state index is -0.265. The van der Waals surface area contributed by atoms with Gasteiger partial charge in [0.05, 0.1) is 5.71 Å². The molecule has 88 valence electrons. The number of H-pyrrole nitrogens is 2. The lowest BCUT2D eigenvalue weighted by Crippen LogP contribution is -2.12. The van der Waals surface area contributed by atoms with E-state index in [0.29, 0.717) is 23.3 Å².